The molecule has 0 radical (unpaired) electrons. The lowest BCUT2D eigenvalue weighted by Gasteiger charge is -2.55. The van der Waals surface area contributed by atoms with Crippen LogP contribution in [0.5, 0.6) is 5.75 Å². The van der Waals surface area contributed by atoms with Crippen LogP contribution in [-0.2, 0) is 0 Å². The topological polar surface area (TPSA) is 21.3 Å². The molecule has 0 aliphatic heterocycles. The minimum atomic E-state index is -0.451. The Morgan fingerprint density at radius 3 is 2.65 bits per heavy atom. The van der Waals surface area contributed by atoms with Gasteiger partial charge in [0, 0.05) is 23.9 Å². The first-order valence-corrected chi connectivity index (χ1v) is 8.14. The Kier molecular flexibility index (Phi) is 4.98. The van der Waals surface area contributed by atoms with E-state index in [0.29, 0.717) is 16.3 Å². The number of hydrogen-bond donors (Lipinski definition) is 1. The molecule has 1 fully saturated rings. The maximum atomic E-state index is 13.6. The molecule has 2 atom stereocenters. The Morgan fingerprint density at radius 1 is 1.45 bits per heavy atom. The Morgan fingerprint density at radius 2 is 2.10 bits per heavy atom. The zero-order valence-corrected chi connectivity index (χ0v) is 14.3. The molecule has 2 nitrogen and oxygen atoms in total. The Bertz CT molecular complexity index is 493. The van der Waals surface area contributed by atoms with Crippen LogP contribution in [0.3, 0.4) is 0 Å². The largest absolute Gasteiger partial charge is 0.488 e. The predicted molar refractivity (Wildman–Crippen MR) is 84.0 cm³/mol. The summed E-state index contributed by atoms with van der Waals surface area (Å²) in [7, 11) is 1.98. The molecule has 1 aromatic rings. The molecule has 2 rings (SSSR count). The molecule has 1 N–H and O–H groups in total. The van der Waals surface area contributed by atoms with Gasteiger partial charge in [-0.25, -0.2) is 4.39 Å². The number of halogens is 3. The van der Waals surface area contributed by atoms with Crippen molar-refractivity contribution in [2.24, 2.45) is 5.41 Å². The first-order chi connectivity index (χ1) is 9.48. The molecule has 0 heterocycles. The van der Waals surface area contributed by atoms with Crippen molar-refractivity contribution in [1.82, 2.24) is 5.32 Å². The van der Waals surface area contributed by atoms with Crippen molar-refractivity contribution in [2.75, 3.05) is 7.05 Å². The van der Waals surface area contributed by atoms with E-state index in [4.69, 9.17) is 16.3 Å². The lowest BCUT2D eigenvalue weighted by atomic mass is 9.58. The molecule has 5 heteroatoms. The zero-order valence-electron chi connectivity index (χ0n) is 12.0. The summed E-state index contributed by atoms with van der Waals surface area (Å²) in [5.74, 6) is 0.0747. The number of benzene rings is 1. The summed E-state index contributed by atoms with van der Waals surface area (Å²) in [6, 6.07) is 3.35. The Balaban J connectivity index is 2.21. The van der Waals surface area contributed by atoms with Crippen LogP contribution in [0.25, 0.3) is 0 Å². The van der Waals surface area contributed by atoms with Crippen molar-refractivity contribution >= 4 is 27.5 Å². The molecule has 0 amide bonds. The van der Waals surface area contributed by atoms with Gasteiger partial charge in [-0.3, -0.25) is 0 Å². The van der Waals surface area contributed by atoms with Gasteiger partial charge in [-0.1, -0.05) is 25.4 Å². The minimum absolute atomic E-state index is 0.100. The monoisotopic (exact) mass is 363 g/mol. The van der Waals surface area contributed by atoms with Gasteiger partial charge in [0.05, 0.1) is 9.50 Å². The van der Waals surface area contributed by atoms with Gasteiger partial charge < -0.3 is 10.1 Å². The third-order valence-electron chi connectivity index (χ3n) is 4.69. The van der Waals surface area contributed by atoms with Crippen LogP contribution >= 0.6 is 27.5 Å². The van der Waals surface area contributed by atoms with Crippen LogP contribution in [0.2, 0.25) is 5.02 Å². The standard InChI is InChI=1S/C15H20BrClFNO/c1-4-15(5-2)13(19-3)8-14(15)20-12-7-11(18)10(17)6-9(12)16/h6-7,13-14,19H,4-5,8H2,1-3H3. The second kappa shape index (κ2) is 6.20. The van der Waals surface area contributed by atoms with E-state index in [9.17, 15) is 4.39 Å². The molecule has 0 aromatic heterocycles. The van der Waals surface area contributed by atoms with E-state index < -0.39 is 5.82 Å². The van der Waals surface area contributed by atoms with E-state index in [-0.39, 0.29) is 16.5 Å². The molecule has 0 bridgehead atoms. The maximum absolute atomic E-state index is 13.6. The van der Waals surface area contributed by atoms with Crippen LogP contribution in [0.4, 0.5) is 4.39 Å². The van der Waals surface area contributed by atoms with Crippen LogP contribution in [0, 0.1) is 11.2 Å². The Hall–Kier alpha value is -0.320. The molecule has 1 aromatic carbocycles. The fourth-order valence-corrected chi connectivity index (χ4v) is 4.00. The van der Waals surface area contributed by atoms with Gasteiger partial charge in [0.25, 0.3) is 0 Å². The minimum Gasteiger partial charge on any atom is -0.488 e. The zero-order chi connectivity index (χ0) is 14.9. The molecule has 2 unspecified atom stereocenters. The highest BCUT2D eigenvalue weighted by Crippen LogP contribution is 2.49. The van der Waals surface area contributed by atoms with Crippen molar-refractivity contribution in [2.45, 2.75) is 45.3 Å². The predicted octanol–water partition coefficient (Wildman–Crippen LogP) is 4.79. The molecule has 1 saturated carbocycles. The van der Waals surface area contributed by atoms with Crippen LogP contribution in [-0.4, -0.2) is 19.2 Å². The summed E-state index contributed by atoms with van der Waals surface area (Å²) in [5, 5.41) is 3.46. The molecule has 20 heavy (non-hydrogen) atoms. The lowest BCUT2D eigenvalue weighted by Crippen LogP contribution is -2.63. The first kappa shape index (κ1) is 16.1. The molecular weight excluding hydrogens is 345 g/mol. The van der Waals surface area contributed by atoms with Crippen molar-refractivity contribution in [1.29, 1.82) is 0 Å². The molecule has 0 saturated heterocycles. The highest BCUT2D eigenvalue weighted by molar-refractivity contribution is 9.10. The van der Waals surface area contributed by atoms with Crippen molar-refractivity contribution in [3.63, 3.8) is 0 Å². The van der Waals surface area contributed by atoms with Gasteiger partial charge in [0.1, 0.15) is 17.7 Å². The number of rotatable bonds is 5. The van der Waals surface area contributed by atoms with Gasteiger partial charge in [-0.15, -0.1) is 0 Å². The van der Waals surface area contributed by atoms with Crippen molar-refractivity contribution in [3.05, 3.63) is 27.4 Å². The quantitative estimate of drug-likeness (QED) is 0.759. The second-order valence-electron chi connectivity index (χ2n) is 5.32. The van der Waals surface area contributed by atoms with Gasteiger partial charge in [0.2, 0.25) is 0 Å². The number of hydrogen-bond acceptors (Lipinski definition) is 2. The number of ether oxygens (including phenoxy) is 1. The lowest BCUT2D eigenvalue weighted by molar-refractivity contribution is -0.0839. The summed E-state index contributed by atoms with van der Waals surface area (Å²) < 4.78 is 20.3. The highest BCUT2D eigenvalue weighted by atomic mass is 79.9. The van der Waals surface area contributed by atoms with E-state index in [0.717, 1.165) is 19.3 Å². The van der Waals surface area contributed by atoms with Gasteiger partial charge >= 0.3 is 0 Å². The summed E-state index contributed by atoms with van der Waals surface area (Å²) in [6.07, 6.45) is 3.11. The molecule has 0 spiro atoms. The molecule has 1 aliphatic carbocycles. The van der Waals surface area contributed by atoms with E-state index in [1.807, 2.05) is 7.05 Å². The maximum Gasteiger partial charge on any atom is 0.145 e. The molecule has 112 valence electrons. The Labute approximate surface area is 133 Å². The van der Waals surface area contributed by atoms with Gasteiger partial charge in [0.15, 0.2) is 0 Å². The summed E-state index contributed by atoms with van der Waals surface area (Å²) in [5.41, 5.74) is 0.115. The fourth-order valence-electron chi connectivity index (χ4n) is 3.26. The van der Waals surface area contributed by atoms with E-state index >= 15 is 0 Å². The average molecular weight is 365 g/mol. The SMILES string of the molecule is CCC1(CC)C(NC)CC1Oc1cc(F)c(Cl)cc1Br. The number of nitrogens with one attached hydrogen (secondary N) is 1. The van der Waals surface area contributed by atoms with Crippen molar-refractivity contribution < 1.29 is 9.13 Å². The second-order valence-corrected chi connectivity index (χ2v) is 6.58. The first-order valence-electron chi connectivity index (χ1n) is 6.97. The average Bonchev–Trinajstić information content (AvgIpc) is 2.41. The smallest absolute Gasteiger partial charge is 0.145 e. The summed E-state index contributed by atoms with van der Waals surface area (Å²) in [4.78, 5) is 0. The van der Waals surface area contributed by atoms with E-state index in [1.165, 1.54) is 6.07 Å². The van der Waals surface area contributed by atoms with Crippen LogP contribution in [0.1, 0.15) is 33.1 Å². The van der Waals surface area contributed by atoms with Gasteiger partial charge in [-0.2, -0.15) is 0 Å². The third kappa shape index (κ3) is 2.58. The molecular formula is C15H20BrClFNO. The van der Waals surface area contributed by atoms with Crippen LogP contribution in [0.15, 0.2) is 16.6 Å². The van der Waals surface area contributed by atoms with Crippen molar-refractivity contribution in [3.8, 4) is 5.75 Å². The fraction of sp³-hybridized carbons (Fsp3) is 0.600. The van der Waals surface area contributed by atoms with Gasteiger partial charge in [-0.05, 0) is 41.9 Å². The van der Waals surface area contributed by atoms with E-state index in [2.05, 4.69) is 35.1 Å². The third-order valence-corrected chi connectivity index (χ3v) is 5.60. The summed E-state index contributed by atoms with van der Waals surface area (Å²) in [6.45, 7) is 4.36. The van der Waals surface area contributed by atoms with Crippen LogP contribution < -0.4 is 10.1 Å². The highest BCUT2D eigenvalue weighted by Gasteiger charge is 2.53. The van der Waals surface area contributed by atoms with E-state index in [1.54, 1.807) is 6.07 Å². The summed E-state index contributed by atoms with van der Waals surface area (Å²) >= 11 is 9.14. The normalized spacial score (nSPS) is 24.3. The molecule has 1 aliphatic rings.